The van der Waals surface area contributed by atoms with Crippen molar-refractivity contribution in [1.29, 1.82) is 0 Å². The van der Waals surface area contributed by atoms with Gasteiger partial charge in [-0.25, -0.2) is 0 Å². The van der Waals surface area contributed by atoms with Crippen LogP contribution in [0.1, 0.15) is 21.5 Å². The minimum atomic E-state index is -0.444. The second-order valence-corrected chi connectivity index (χ2v) is 4.70. The van der Waals surface area contributed by atoms with Gasteiger partial charge in [0.05, 0.1) is 0 Å². The largest absolute Gasteiger partial charge is 0.489 e. The second-order valence-electron chi connectivity index (χ2n) is 4.26. The summed E-state index contributed by atoms with van der Waals surface area (Å²) in [6.07, 6.45) is 0. The first-order valence-corrected chi connectivity index (χ1v) is 6.22. The van der Waals surface area contributed by atoms with Crippen molar-refractivity contribution in [3.8, 4) is 5.75 Å². The average Bonchev–Trinajstić information content (AvgIpc) is 2.40. The zero-order chi connectivity index (χ0) is 13.8. The maximum Gasteiger partial charge on any atom is 0.248 e. The van der Waals surface area contributed by atoms with Gasteiger partial charge in [0, 0.05) is 10.6 Å². The maximum atomic E-state index is 11.1. The van der Waals surface area contributed by atoms with Gasteiger partial charge < -0.3 is 10.5 Å². The fraction of sp³-hybridized carbons (Fsp3) is 0.133. The Morgan fingerprint density at radius 1 is 1.26 bits per heavy atom. The zero-order valence-corrected chi connectivity index (χ0v) is 11.3. The number of halogens is 1. The van der Waals surface area contributed by atoms with Crippen molar-refractivity contribution >= 4 is 17.5 Å². The number of carbonyl (C=O) groups is 1. The summed E-state index contributed by atoms with van der Waals surface area (Å²) >= 11 is 5.92. The monoisotopic (exact) mass is 275 g/mol. The molecule has 1 amide bonds. The molecule has 0 saturated heterocycles. The molecular formula is C15H14ClNO2. The molecule has 2 rings (SSSR count). The SMILES string of the molecule is Cc1ccc(Cl)cc1OCc1cccc(C(N)=O)c1. The van der Waals surface area contributed by atoms with E-state index in [1.165, 1.54) is 0 Å². The van der Waals surface area contributed by atoms with Gasteiger partial charge in [-0.1, -0.05) is 29.8 Å². The molecule has 0 unspecified atom stereocenters. The van der Waals surface area contributed by atoms with E-state index in [1.807, 2.05) is 25.1 Å². The summed E-state index contributed by atoms with van der Waals surface area (Å²) in [7, 11) is 0. The summed E-state index contributed by atoms with van der Waals surface area (Å²) in [5.41, 5.74) is 7.61. The molecule has 2 N–H and O–H groups in total. The Hall–Kier alpha value is -2.00. The Bertz CT molecular complexity index is 611. The minimum absolute atomic E-state index is 0.363. The lowest BCUT2D eigenvalue weighted by Gasteiger charge is -2.10. The lowest BCUT2D eigenvalue weighted by Crippen LogP contribution is -2.11. The standard InChI is InChI=1S/C15H14ClNO2/c1-10-5-6-13(16)8-14(10)19-9-11-3-2-4-12(7-11)15(17)18/h2-8H,9H2,1H3,(H2,17,18). The van der Waals surface area contributed by atoms with Crippen LogP contribution in [0.5, 0.6) is 5.75 Å². The molecule has 0 bridgehead atoms. The Kier molecular flexibility index (Phi) is 4.07. The van der Waals surface area contributed by atoms with E-state index in [4.69, 9.17) is 22.1 Å². The molecule has 0 spiro atoms. The van der Waals surface area contributed by atoms with E-state index in [1.54, 1.807) is 24.3 Å². The van der Waals surface area contributed by atoms with Crippen molar-refractivity contribution in [2.75, 3.05) is 0 Å². The number of ether oxygens (including phenoxy) is 1. The molecule has 4 heteroatoms. The number of hydrogen-bond donors (Lipinski definition) is 1. The quantitative estimate of drug-likeness (QED) is 0.930. The van der Waals surface area contributed by atoms with Gasteiger partial charge in [-0.2, -0.15) is 0 Å². The van der Waals surface area contributed by atoms with E-state index in [9.17, 15) is 4.79 Å². The van der Waals surface area contributed by atoms with E-state index < -0.39 is 5.91 Å². The van der Waals surface area contributed by atoms with Gasteiger partial charge in [-0.15, -0.1) is 0 Å². The van der Waals surface area contributed by atoms with E-state index in [0.717, 1.165) is 16.9 Å². The molecule has 0 saturated carbocycles. The minimum Gasteiger partial charge on any atom is -0.489 e. The Balaban J connectivity index is 2.12. The maximum absolute atomic E-state index is 11.1. The van der Waals surface area contributed by atoms with Crippen LogP contribution in [0.4, 0.5) is 0 Å². The van der Waals surface area contributed by atoms with Crippen molar-refractivity contribution in [3.63, 3.8) is 0 Å². The molecule has 0 radical (unpaired) electrons. The van der Waals surface area contributed by atoms with Crippen LogP contribution in [0, 0.1) is 6.92 Å². The van der Waals surface area contributed by atoms with E-state index in [0.29, 0.717) is 17.2 Å². The molecule has 0 aliphatic heterocycles. The summed E-state index contributed by atoms with van der Waals surface area (Å²) in [6, 6.07) is 12.6. The van der Waals surface area contributed by atoms with Crippen molar-refractivity contribution in [2.24, 2.45) is 5.73 Å². The highest BCUT2D eigenvalue weighted by Gasteiger charge is 2.04. The van der Waals surface area contributed by atoms with Gasteiger partial charge in [0.15, 0.2) is 0 Å². The van der Waals surface area contributed by atoms with Gasteiger partial charge in [0.25, 0.3) is 0 Å². The number of nitrogens with two attached hydrogens (primary N) is 1. The highest BCUT2D eigenvalue weighted by molar-refractivity contribution is 6.30. The number of rotatable bonds is 4. The average molecular weight is 276 g/mol. The van der Waals surface area contributed by atoms with Gasteiger partial charge in [0.2, 0.25) is 5.91 Å². The predicted molar refractivity (Wildman–Crippen MR) is 75.5 cm³/mol. The van der Waals surface area contributed by atoms with Crippen LogP contribution < -0.4 is 10.5 Å². The van der Waals surface area contributed by atoms with Crippen LogP contribution in [0.2, 0.25) is 5.02 Å². The number of primary amides is 1. The van der Waals surface area contributed by atoms with Crippen molar-refractivity contribution in [3.05, 3.63) is 64.2 Å². The molecule has 19 heavy (non-hydrogen) atoms. The van der Waals surface area contributed by atoms with Crippen LogP contribution >= 0.6 is 11.6 Å². The molecule has 2 aromatic rings. The fourth-order valence-corrected chi connectivity index (χ4v) is 1.87. The van der Waals surface area contributed by atoms with Gasteiger partial charge in [0.1, 0.15) is 12.4 Å². The molecule has 0 heterocycles. The fourth-order valence-electron chi connectivity index (χ4n) is 1.70. The normalized spacial score (nSPS) is 10.2. The van der Waals surface area contributed by atoms with Crippen LogP contribution in [0.3, 0.4) is 0 Å². The number of carbonyl (C=O) groups excluding carboxylic acids is 1. The van der Waals surface area contributed by atoms with Gasteiger partial charge in [-0.05, 0) is 42.3 Å². The Morgan fingerprint density at radius 3 is 2.79 bits per heavy atom. The summed E-state index contributed by atoms with van der Waals surface area (Å²) in [5.74, 6) is 0.290. The van der Waals surface area contributed by atoms with Gasteiger partial charge >= 0.3 is 0 Å². The predicted octanol–water partition coefficient (Wildman–Crippen LogP) is 3.33. The number of aryl methyl sites for hydroxylation is 1. The number of amides is 1. The molecule has 0 aliphatic carbocycles. The Labute approximate surface area is 117 Å². The van der Waals surface area contributed by atoms with Gasteiger partial charge in [-0.3, -0.25) is 4.79 Å². The Morgan fingerprint density at radius 2 is 2.05 bits per heavy atom. The van der Waals surface area contributed by atoms with Crippen molar-refractivity contribution < 1.29 is 9.53 Å². The molecule has 2 aromatic carbocycles. The zero-order valence-electron chi connectivity index (χ0n) is 10.5. The highest BCUT2D eigenvalue weighted by Crippen LogP contribution is 2.23. The molecule has 98 valence electrons. The van der Waals surface area contributed by atoms with Crippen LogP contribution in [-0.2, 0) is 6.61 Å². The number of benzene rings is 2. The summed E-state index contributed by atoms with van der Waals surface area (Å²) < 4.78 is 5.70. The molecule has 3 nitrogen and oxygen atoms in total. The van der Waals surface area contributed by atoms with Crippen LogP contribution in [0.15, 0.2) is 42.5 Å². The summed E-state index contributed by atoms with van der Waals surface area (Å²) in [6.45, 7) is 2.31. The van der Waals surface area contributed by atoms with Crippen LogP contribution in [0.25, 0.3) is 0 Å². The first kappa shape index (κ1) is 13.4. The summed E-state index contributed by atoms with van der Waals surface area (Å²) in [4.78, 5) is 11.1. The number of hydrogen-bond acceptors (Lipinski definition) is 2. The van der Waals surface area contributed by atoms with Crippen molar-refractivity contribution in [1.82, 2.24) is 0 Å². The van der Waals surface area contributed by atoms with Crippen molar-refractivity contribution in [2.45, 2.75) is 13.5 Å². The van der Waals surface area contributed by atoms with E-state index in [2.05, 4.69) is 0 Å². The van der Waals surface area contributed by atoms with E-state index in [-0.39, 0.29) is 0 Å². The lowest BCUT2D eigenvalue weighted by molar-refractivity contribution is 0.1000. The molecular weight excluding hydrogens is 262 g/mol. The molecule has 0 aliphatic rings. The lowest BCUT2D eigenvalue weighted by atomic mass is 10.1. The van der Waals surface area contributed by atoms with Crippen LogP contribution in [-0.4, -0.2) is 5.91 Å². The first-order valence-electron chi connectivity index (χ1n) is 5.84. The smallest absolute Gasteiger partial charge is 0.248 e. The first-order chi connectivity index (χ1) is 9.06. The topological polar surface area (TPSA) is 52.3 Å². The summed E-state index contributed by atoms with van der Waals surface area (Å²) in [5, 5.41) is 0.631. The molecule has 0 atom stereocenters. The third-order valence-corrected chi connectivity index (χ3v) is 2.99. The molecule has 0 fully saturated rings. The second kappa shape index (κ2) is 5.76. The van der Waals surface area contributed by atoms with E-state index >= 15 is 0 Å². The highest BCUT2D eigenvalue weighted by atomic mass is 35.5. The third kappa shape index (κ3) is 3.48. The molecule has 0 aromatic heterocycles. The third-order valence-electron chi connectivity index (χ3n) is 2.76.